The van der Waals surface area contributed by atoms with Crippen LogP contribution in [0.25, 0.3) is 21.1 Å². The van der Waals surface area contributed by atoms with Crippen LogP contribution < -0.4 is 16.0 Å². The molecule has 0 saturated heterocycles. The summed E-state index contributed by atoms with van der Waals surface area (Å²) in [6.07, 6.45) is 7.54. The fourth-order valence-electron chi connectivity index (χ4n) is 4.08. The van der Waals surface area contributed by atoms with Crippen LogP contribution in [0.1, 0.15) is 36.0 Å². The highest BCUT2D eigenvalue weighted by Crippen LogP contribution is 2.27. The van der Waals surface area contributed by atoms with Crippen molar-refractivity contribution in [3.63, 3.8) is 0 Å². The number of hydrogen-bond acceptors (Lipinski definition) is 8. The van der Waals surface area contributed by atoms with E-state index in [-0.39, 0.29) is 18.0 Å². The van der Waals surface area contributed by atoms with E-state index in [0.29, 0.717) is 22.8 Å². The molecule has 0 aliphatic heterocycles. The summed E-state index contributed by atoms with van der Waals surface area (Å²) in [6, 6.07) is 5.05. The van der Waals surface area contributed by atoms with E-state index in [0.717, 1.165) is 41.3 Å². The number of nitrogens with zero attached hydrogens (tertiary/aromatic N) is 4. The second kappa shape index (κ2) is 8.94. The molecule has 0 radical (unpaired) electrons. The molecule has 0 spiro atoms. The summed E-state index contributed by atoms with van der Waals surface area (Å²) >= 11 is 1.39. The van der Waals surface area contributed by atoms with Gasteiger partial charge in [-0.15, -0.1) is 11.3 Å². The van der Waals surface area contributed by atoms with Gasteiger partial charge in [-0.2, -0.15) is 0 Å². The van der Waals surface area contributed by atoms with Crippen molar-refractivity contribution in [2.24, 2.45) is 0 Å². The van der Waals surface area contributed by atoms with Gasteiger partial charge in [0.05, 0.1) is 33.5 Å². The van der Waals surface area contributed by atoms with Crippen LogP contribution in [0.5, 0.6) is 0 Å². The minimum absolute atomic E-state index is 0.112. The van der Waals surface area contributed by atoms with Gasteiger partial charge in [0.25, 0.3) is 5.91 Å². The van der Waals surface area contributed by atoms with Gasteiger partial charge < -0.3 is 21.1 Å². The van der Waals surface area contributed by atoms with Gasteiger partial charge in [-0.1, -0.05) is 12.8 Å². The molecule has 1 aliphatic carbocycles. The molecule has 4 N–H and O–H groups in total. The number of rotatable bonds is 5. The third kappa shape index (κ3) is 4.53. The molecule has 2 unspecified atom stereocenters. The minimum Gasteiger partial charge on any atom is -0.465 e. The van der Waals surface area contributed by atoms with Crippen LogP contribution in [-0.4, -0.2) is 49.1 Å². The highest BCUT2D eigenvalue weighted by Gasteiger charge is 2.27. The van der Waals surface area contributed by atoms with Crippen molar-refractivity contribution in [2.75, 3.05) is 10.6 Å². The maximum atomic E-state index is 13.0. The Balaban J connectivity index is 1.37. The highest BCUT2D eigenvalue weighted by molar-refractivity contribution is 7.17. The minimum atomic E-state index is -1.04. The average molecular weight is 464 g/mol. The number of thiophene rings is 1. The van der Waals surface area contributed by atoms with Crippen LogP contribution in [0, 0.1) is 0 Å². The molecule has 1 aliphatic rings. The summed E-state index contributed by atoms with van der Waals surface area (Å²) in [4.78, 5) is 41.6. The van der Waals surface area contributed by atoms with E-state index in [1.165, 1.54) is 11.3 Å². The van der Waals surface area contributed by atoms with Crippen LogP contribution in [-0.2, 0) is 0 Å². The molecule has 4 heterocycles. The number of hydrogen-bond donors (Lipinski definition) is 4. The Bertz CT molecular complexity index is 1340. The van der Waals surface area contributed by atoms with Crippen molar-refractivity contribution < 1.29 is 14.7 Å². The Labute approximate surface area is 192 Å². The lowest BCUT2D eigenvalue weighted by atomic mass is 9.90. The van der Waals surface area contributed by atoms with Crippen LogP contribution in [0.2, 0.25) is 0 Å². The molecule has 0 bridgehead atoms. The third-order valence-corrected chi connectivity index (χ3v) is 6.59. The van der Waals surface area contributed by atoms with Gasteiger partial charge in [-0.3, -0.25) is 9.78 Å². The number of aromatic nitrogens is 4. The normalized spacial score (nSPS) is 18.2. The number of amides is 2. The lowest BCUT2D eigenvalue weighted by molar-refractivity contribution is 0.102. The molecular weight excluding hydrogens is 442 g/mol. The van der Waals surface area contributed by atoms with E-state index in [9.17, 15) is 9.59 Å². The quantitative estimate of drug-likeness (QED) is 0.349. The first-order valence-corrected chi connectivity index (χ1v) is 11.5. The molecule has 2 atom stereocenters. The van der Waals surface area contributed by atoms with E-state index in [2.05, 4.69) is 35.9 Å². The van der Waals surface area contributed by atoms with Gasteiger partial charge >= 0.3 is 6.09 Å². The maximum absolute atomic E-state index is 13.0. The van der Waals surface area contributed by atoms with Crippen molar-refractivity contribution >= 4 is 56.2 Å². The summed E-state index contributed by atoms with van der Waals surface area (Å²) in [6.45, 7) is 0. The van der Waals surface area contributed by atoms with Gasteiger partial charge in [0.1, 0.15) is 5.82 Å². The monoisotopic (exact) mass is 463 g/mol. The van der Waals surface area contributed by atoms with Gasteiger partial charge in [-0.25, -0.2) is 19.7 Å². The van der Waals surface area contributed by atoms with Gasteiger partial charge in [0.2, 0.25) is 5.95 Å². The predicted octanol–water partition coefficient (Wildman–Crippen LogP) is 3.88. The predicted molar refractivity (Wildman–Crippen MR) is 126 cm³/mol. The summed E-state index contributed by atoms with van der Waals surface area (Å²) in [5.41, 5.74) is 1.71. The zero-order valence-corrected chi connectivity index (χ0v) is 18.3. The van der Waals surface area contributed by atoms with E-state index >= 15 is 0 Å². The van der Waals surface area contributed by atoms with E-state index in [1.807, 2.05) is 6.07 Å². The Kier molecular flexibility index (Phi) is 5.69. The molecule has 4 aromatic rings. The highest BCUT2D eigenvalue weighted by atomic mass is 32.1. The topological polar surface area (TPSA) is 142 Å². The van der Waals surface area contributed by atoms with Gasteiger partial charge in [0, 0.05) is 29.2 Å². The lowest BCUT2D eigenvalue weighted by Gasteiger charge is -2.31. The molecule has 1 fully saturated rings. The Morgan fingerprint density at radius 3 is 2.76 bits per heavy atom. The first kappa shape index (κ1) is 21.0. The molecule has 4 aromatic heterocycles. The van der Waals surface area contributed by atoms with E-state index in [1.54, 1.807) is 36.1 Å². The van der Waals surface area contributed by atoms with Crippen molar-refractivity contribution in [1.82, 2.24) is 25.3 Å². The second-order valence-corrected chi connectivity index (χ2v) is 8.78. The van der Waals surface area contributed by atoms with Crippen molar-refractivity contribution in [1.29, 1.82) is 0 Å². The number of carbonyl (C=O) groups excluding carboxylic acids is 1. The van der Waals surface area contributed by atoms with E-state index < -0.39 is 6.09 Å². The Hall–Kier alpha value is -3.86. The lowest BCUT2D eigenvalue weighted by Crippen LogP contribution is -2.48. The van der Waals surface area contributed by atoms with Crippen LogP contribution in [0.4, 0.5) is 16.6 Å². The summed E-state index contributed by atoms with van der Waals surface area (Å²) in [7, 11) is 0. The van der Waals surface area contributed by atoms with Crippen molar-refractivity contribution in [3.05, 3.63) is 47.7 Å². The fraction of sp³-hybridized carbons (Fsp3) is 0.273. The molecule has 11 heteroatoms. The molecule has 5 rings (SSSR count). The largest absolute Gasteiger partial charge is 0.465 e. The number of carbonyl (C=O) groups is 2. The number of carboxylic acid groups (broad SMARTS) is 1. The van der Waals surface area contributed by atoms with Crippen LogP contribution in [0.15, 0.2) is 42.2 Å². The maximum Gasteiger partial charge on any atom is 0.404 e. The van der Waals surface area contributed by atoms with E-state index in [4.69, 9.17) is 5.11 Å². The summed E-state index contributed by atoms with van der Waals surface area (Å²) in [5, 5.41) is 20.4. The number of fused-ring (bicyclic) bond motifs is 2. The Morgan fingerprint density at radius 2 is 1.91 bits per heavy atom. The summed E-state index contributed by atoms with van der Waals surface area (Å²) in [5.74, 6) is 0.500. The summed E-state index contributed by atoms with van der Waals surface area (Å²) < 4.78 is 0.784. The number of pyridine rings is 2. The third-order valence-electron chi connectivity index (χ3n) is 5.68. The van der Waals surface area contributed by atoms with Crippen molar-refractivity contribution in [3.8, 4) is 0 Å². The standard InChI is InChI=1S/C22H21N7O3S/c30-20(28-18-6-5-12-9-23-8-7-14(12)25-18)13-11-33-17-10-24-21(29-19(13)17)26-15-3-1-2-4-16(15)27-22(31)32/h5-11,15-16,27H,1-4H2,(H,31,32)(H,24,26,29)(H,25,28,30). The van der Waals surface area contributed by atoms with Gasteiger partial charge in [0.15, 0.2) is 0 Å². The SMILES string of the molecule is O=C(O)NC1CCCCC1Nc1ncc2scc(C(=O)Nc3ccc4cnccc4n3)c2n1. The fourth-order valence-corrected chi connectivity index (χ4v) is 4.92. The number of nitrogens with one attached hydrogen (secondary N) is 3. The van der Waals surface area contributed by atoms with Crippen LogP contribution >= 0.6 is 11.3 Å². The smallest absolute Gasteiger partial charge is 0.404 e. The molecule has 0 aromatic carbocycles. The average Bonchev–Trinajstić information content (AvgIpc) is 3.23. The molecule has 168 valence electrons. The van der Waals surface area contributed by atoms with Crippen molar-refractivity contribution in [2.45, 2.75) is 37.8 Å². The molecule has 10 nitrogen and oxygen atoms in total. The molecule has 33 heavy (non-hydrogen) atoms. The first-order chi connectivity index (χ1) is 16.1. The molecule has 2 amide bonds. The zero-order chi connectivity index (χ0) is 22.8. The first-order valence-electron chi connectivity index (χ1n) is 10.6. The second-order valence-electron chi connectivity index (χ2n) is 7.87. The number of anilines is 2. The molecule has 1 saturated carbocycles. The van der Waals surface area contributed by atoms with Crippen LogP contribution in [0.3, 0.4) is 0 Å². The van der Waals surface area contributed by atoms with Gasteiger partial charge in [-0.05, 0) is 31.0 Å². The zero-order valence-electron chi connectivity index (χ0n) is 17.5. The molecular formula is C22H21N7O3S. The Morgan fingerprint density at radius 1 is 1.06 bits per heavy atom.